The second-order valence-electron chi connectivity index (χ2n) is 7.55. The number of thioether (sulfide) groups is 1. The van der Waals surface area contributed by atoms with Gasteiger partial charge in [0.2, 0.25) is 21.8 Å². The van der Waals surface area contributed by atoms with Gasteiger partial charge < -0.3 is 9.32 Å². The fraction of sp³-hybridized carbons (Fsp3) is 0.318. The van der Waals surface area contributed by atoms with Crippen molar-refractivity contribution in [3.05, 3.63) is 65.7 Å². The average molecular weight is 473 g/mol. The molecule has 0 atom stereocenters. The van der Waals surface area contributed by atoms with Crippen molar-refractivity contribution >= 4 is 27.7 Å². The summed E-state index contributed by atoms with van der Waals surface area (Å²) in [4.78, 5) is 14.3. The summed E-state index contributed by atoms with van der Waals surface area (Å²) in [5, 5.41) is 8.38. The number of piperazine rings is 1. The van der Waals surface area contributed by atoms with Gasteiger partial charge in [-0.1, -0.05) is 59.8 Å². The van der Waals surface area contributed by atoms with E-state index >= 15 is 0 Å². The average Bonchev–Trinajstić information content (AvgIpc) is 3.27. The predicted molar refractivity (Wildman–Crippen MR) is 122 cm³/mol. The van der Waals surface area contributed by atoms with Gasteiger partial charge in [0.25, 0.3) is 5.22 Å². The highest BCUT2D eigenvalue weighted by molar-refractivity contribution is 7.99. The van der Waals surface area contributed by atoms with Crippen LogP contribution in [0.2, 0.25) is 0 Å². The minimum Gasteiger partial charge on any atom is -0.411 e. The topological polar surface area (TPSA) is 96.6 Å². The smallest absolute Gasteiger partial charge is 0.277 e. The van der Waals surface area contributed by atoms with Gasteiger partial charge in [-0.3, -0.25) is 4.79 Å². The van der Waals surface area contributed by atoms with Crippen LogP contribution in [0.1, 0.15) is 11.1 Å². The molecule has 1 aromatic heterocycles. The van der Waals surface area contributed by atoms with Gasteiger partial charge in [-0.2, -0.15) is 4.31 Å². The zero-order valence-corrected chi connectivity index (χ0v) is 19.3. The highest BCUT2D eigenvalue weighted by atomic mass is 32.2. The van der Waals surface area contributed by atoms with Gasteiger partial charge in [0.05, 0.1) is 11.5 Å². The molecule has 0 unspecified atom stereocenters. The maximum Gasteiger partial charge on any atom is 0.277 e. The molecule has 8 nitrogen and oxygen atoms in total. The van der Waals surface area contributed by atoms with Gasteiger partial charge in [-0.05, 0) is 24.6 Å². The largest absolute Gasteiger partial charge is 0.411 e. The highest BCUT2D eigenvalue weighted by Gasteiger charge is 2.29. The number of rotatable bonds is 7. The standard InChI is InChI=1S/C22H24N4O4S2/c1-17-7-9-19(10-8-17)21-23-24-22(30-21)31-15-20(27)25-11-13-26(14-12-25)32(28,29)16-18-5-3-2-4-6-18/h2-10H,11-16H2,1H3. The Morgan fingerprint density at radius 2 is 1.69 bits per heavy atom. The second kappa shape index (κ2) is 9.85. The van der Waals surface area contributed by atoms with E-state index < -0.39 is 10.0 Å². The molecule has 10 heteroatoms. The van der Waals surface area contributed by atoms with E-state index in [1.54, 1.807) is 17.0 Å². The number of nitrogens with zero attached hydrogens (tertiary/aromatic N) is 4. The number of carbonyl (C=O) groups is 1. The van der Waals surface area contributed by atoms with Crippen LogP contribution < -0.4 is 0 Å². The third-order valence-corrected chi connectivity index (χ3v) is 7.85. The molecule has 0 spiro atoms. The van der Waals surface area contributed by atoms with Crippen molar-refractivity contribution in [2.45, 2.75) is 17.9 Å². The van der Waals surface area contributed by atoms with Crippen molar-refractivity contribution in [3.8, 4) is 11.5 Å². The number of aryl methyl sites for hydroxylation is 1. The number of hydrogen-bond donors (Lipinski definition) is 0. The van der Waals surface area contributed by atoms with E-state index in [2.05, 4.69) is 10.2 Å². The van der Waals surface area contributed by atoms with E-state index in [1.807, 2.05) is 49.4 Å². The first kappa shape index (κ1) is 22.5. The van der Waals surface area contributed by atoms with Crippen molar-refractivity contribution in [2.75, 3.05) is 31.9 Å². The summed E-state index contributed by atoms with van der Waals surface area (Å²) in [7, 11) is -3.41. The Labute approximate surface area is 191 Å². The van der Waals surface area contributed by atoms with Crippen LogP contribution >= 0.6 is 11.8 Å². The van der Waals surface area contributed by atoms with Crippen LogP contribution in [0.15, 0.2) is 64.2 Å². The summed E-state index contributed by atoms with van der Waals surface area (Å²) in [6, 6.07) is 16.9. The maximum absolute atomic E-state index is 12.7. The third-order valence-electron chi connectivity index (χ3n) is 5.20. The van der Waals surface area contributed by atoms with Crippen LogP contribution in [0.25, 0.3) is 11.5 Å². The molecular formula is C22H24N4O4S2. The summed E-state index contributed by atoms with van der Waals surface area (Å²) >= 11 is 1.19. The number of hydrogen-bond acceptors (Lipinski definition) is 7. The summed E-state index contributed by atoms with van der Waals surface area (Å²) in [6.45, 7) is 3.33. The Balaban J connectivity index is 1.26. The van der Waals surface area contributed by atoms with E-state index in [1.165, 1.54) is 16.1 Å². The molecule has 1 fully saturated rings. The van der Waals surface area contributed by atoms with Crippen molar-refractivity contribution in [2.24, 2.45) is 0 Å². The molecule has 1 aliphatic heterocycles. The number of carbonyl (C=O) groups excluding carboxylic acids is 1. The summed E-state index contributed by atoms with van der Waals surface area (Å²) in [5.41, 5.74) is 2.72. The fourth-order valence-electron chi connectivity index (χ4n) is 3.39. The first-order valence-electron chi connectivity index (χ1n) is 10.2. The van der Waals surface area contributed by atoms with E-state index in [9.17, 15) is 13.2 Å². The molecule has 2 aromatic carbocycles. The maximum atomic E-state index is 12.7. The Morgan fingerprint density at radius 1 is 1.00 bits per heavy atom. The summed E-state index contributed by atoms with van der Waals surface area (Å²) < 4.78 is 32.5. The van der Waals surface area contributed by atoms with Crippen molar-refractivity contribution in [3.63, 3.8) is 0 Å². The first-order chi connectivity index (χ1) is 15.4. The molecule has 1 aliphatic rings. The summed E-state index contributed by atoms with van der Waals surface area (Å²) in [6.07, 6.45) is 0. The van der Waals surface area contributed by atoms with Crippen LogP contribution in [0.5, 0.6) is 0 Å². The third kappa shape index (κ3) is 5.56. The molecule has 3 aromatic rings. The van der Waals surface area contributed by atoms with Gasteiger partial charge in [-0.15, -0.1) is 10.2 Å². The SMILES string of the molecule is Cc1ccc(-c2nnc(SCC(=O)N3CCN(S(=O)(=O)Cc4ccccc4)CC3)o2)cc1. The van der Waals surface area contributed by atoms with E-state index in [-0.39, 0.29) is 17.4 Å². The lowest BCUT2D eigenvalue weighted by molar-refractivity contribution is -0.129. The number of sulfonamides is 1. The fourth-order valence-corrected chi connectivity index (χ4v) is 5.57. The van der Waals surface area contributed by atoms with Gasteiger partial charge in [-0.25, -0.2) is 8.42 Å². The zero-order valence-electron chi connectivity index (χ0n) is 17.7. The molecule has 1 saturated heterocycles. The van der Waals surface area contributed by atoms with Gasteiger partial charge in [0.15, 0.2) is 0 Å². The molecule has 1 amide bonds. The Hall–Kier alpha value is -2.69. The number of amides is 1. The Kier molecular flexibility index (Phi) is 6.92. The molecule has 0 bridgehead atoms. The van der Waals surface area contributed by atoms with E-state index in [0.29, 0.717) is 37.3 Å². The predicted octanol–water partition coefficient (Wildman–Crippen LogP) is 2.81. The Morgan fingerprint density at radius 3 is 2.38 bits per heavy atom. The van der Waals surface area contributed by atoms with Crippen LogP contribution in [0.4, 0.5) is 0 Å². The van der Waals surface area contributed by atoms with Crippen molar-refractivity contribution in [1.82, 2.24) is 19.4 Å². The van der Waals surface area contributed by atoms with E-state index in [0.717, 1.165) is 16.7 Å². The zero-order chi connectivity index (χ0) is 22.6. The highest BCUT2D eigenvalue weighted by Crippen LogP contribution is 2.24. The van der Waals surface area contributed by atoms with Crippen LogP contribution in [-0.4, -0.2) is 65.7 Å². The minimum atomic E-state index is -3.41. The monoisotopic (exact) mass is 472 g/mol. The quantitative estimate of drug-likeness (QED) is 0.488. The van der Waals surface area contributed by atoms with Crippen molar-refractivity contribution in [1.29, 1.82) is 0 Å². The summed E-state index contributed by atoms with van der Waals surface area (Å²) in [5.74, 6) is 0.465. The van der Waals surface area contributed by atoms with Gasteiger partial charge >= 0.3 is 0 Å². The lowest BCUT2D eigenvalue weighted by Gasteiger charge is -2.34. The molecule has 168 valence electrons. The second-order valence-corrected chi connectivity index (χ2v) is 10.4. The lowest BCUT2D eigenvalue weighted by Crippen LogP contribution is -2.51. The molecule has 0 aliphatic carbocycles. The van der Waals surface area contributed by atoms with Crippen molar-refractivity contribution < 1.29 is 17.6 Å². The van der Waals surface area contributed by atoms with Crippen LogP contribution in [-0.2, 0) is 20.6 Å². The Bertz CT molecular complexity index is 1160. The van der Waals surface area contributed by atoms with Crippen LogP contribution in [0, 0.1) is 6.92 Å². The first-order valence-corrected chi connectivity index (χ1v) is 12.8. The molecular weight excluding hydrogens is 448 g/mol. The normalized spacial score (nSPS) is 15.1. The molecule has 0 radical (unpaired) electrons. The number of benzene rings is 2. The lowest BCUT2D eigenvalue weighted by atomic mass is 10.1. The van der Waals surface area contributed by atoms with E-state index in [4.69, 9.17) is 4.42 Å². The molecule has 0 N–H and O–H groups in total. The number of aromatic nitrogens is 2. The molecule has 32 heavy (non-hydrogen) atoms. The minimum absolute atomic E-state index is 0.0296. The molecule has 2 heterocycles. The molecule has 0 saturated carbocycles. The van der Waals surface area contributed by atoms with Gasteiger partial charge in [0.1, 0.15) is 0 Å². The van der Waals surface area contributed by atoms with Gasteiger partial charge in [0, 0.05) is 31.7 Å². The molecule has 4 rings (SSSR count). The van der Waals surface area contributed by atoms with Crippen LogP contribution in [0.3, 0.4) is 0 Å².